The van der Waals surface area contributed by atoms with E-state index in [0.717, 1.165) is 11.3 Å². The molecule has 7 heteroatoms. The Labute approximate surface area is 118 Å². The molecule has 0 fully saturated rings. The summed E-state index contributed by atoms with van der Waals surface area (Å²) in [6.07, 6.45) is 1.66. The van der Waals surface area contributed by atoms with Gasteiger partial charge in [0.25, 0.3) is 0 Å². The molecular weight excluding hydrogens is 282 g/mol. The van der Waals surface area contributed by atoms with Crippen LogP contribution in [0.3, 0.4) is 0 Å². The zero-order chi connectivity index (χ0) is 13.9. The zero-order valence-electron chi connectivity index (χ0n) is 10.7. The van der Waals surface area contributed by atoms with Crippen molar-refractivity contribution in [3.63, 3.8) is 0 Å². The van der Waals surface area contributed by atoms with Gasteiger partial charge in [-0.2, -0.15) is 5.11 Å². The smallest absolute Gasteiger partial charge is 0.221 e. The Morgan fingerprint density at radius 1 is 1.53 bits per heavy atom. The molecule has 0 aliphatic carbocycles. The van der Waals surface area contributed by atoms with Gasteiger partial charge in [0, 0.05) is 29.8 Å². The average molecular weight is 297 g/mol. The molecule has 19 heavy (non-hydrogen) atoms. The fourth-order valence-electron chi connectivity index (χ4n) is 1.68. The standard InChI is InChI=1S/C12H15N3O2S2/c1-9(16)14-12-7-11(17-2)4-3-10(12)8-19(18)6-5-13-15-19/h3-7,18H,8H2,1-2H3,(H,14,16). The monoisotopic (exact) mass is 297 g/mol. The maximum Gasteiger partial charge on any atom is 0.221 e. The number of nitrogens with zero attached hydrogens (tertiary/aromatic N) is 2. The molecule has 102 valence electrons. The summed E-state index contributed by atoms with van der Waals surface area (Å²) in [4.78, 5) is 11.3. The Balaban J connectivity index is 2.30. The lowest BCUT2D eigenvalue weighted by Gasteiger charge is -2.22. The van der Waals surface area contributed by atoms with Gasteiger partial charge < -0.3 is 10.1 Å². The molecule has 1 amide bonds. The van der Waals surface area contributed by atoms with Crippen LogP contribution >= 0.6 is 20.9 Å². The van der Waals surface area contributed by atoms with Crippen molar-refractivity contribution >= 4 is 32.5 Å². The first-order valence-corrected chi connectivity index (χ1v) is 8.46. The van der Waals surface area contributed by atoms with Crippen molar-refractivity contribution in [2.45, 2.75) is 12.7 Å². The van der Waals surface area contributed by atoms with E-state index in [1.54, 1.807) is 19.4 Å². The molecule has 2 rings (SSSR count). The molecule has 1 aromatic carbocycles. The van der Waals surface area contributed by atoms with Gasteiger partial charge in [0.15, 0.2) is 0 Å². The third-order valence-electron chi connectivity index (χ3n) is 2.53. The van der Waals surface area contributed by atoms with E-state index in [4.69, 9.17) is 4.74 Å². The number of anilines is 1. The van der Waals surface area contributed by atoms with Crippen LogP contribution in [0.25, 0.3) is 0 Å². The number of nitrogens with one attached hydrogen (secondary N) is 1. The number of thiol groups is 1. The Kier molecular flexibility index (Phi) is 4.16. The van der Waals surface area contributed by atoms with E-state index in [1.807, 2.05) is 17.5 Å². The summed E-state index contributed by atoms with van der Waals surface area (Å²) in [5.74, 6) is 1.19. The number of carbonyl (C=O) groups excluding carboxylic acids is 1. The van der Waals surface area contributed by atoms with E-state index < -0.39 is 9.25 Å². The van der Waals surface area contributed by atoms with Crippen LogP contribution in [-0.2, 0) is 10.5 Å². The second-order valence-electron chi connectivity index (χ2n) is 4.05. The summed E-state index contributed by atoms with van der Waals surface area (Å²) in [7, 11) is 0.0346. The summed E-state index contributed by atoms with van der Waals surface area (Å²) >= 11 is 4.57. The molecule has 1 unspecified atom stereocenters. The number of hydrogen-bond acceptors (Lipinski definition) is 5. The summed E-state index contributed by atoms with van der Waals surface area (Å²) < 4.78 is 9.31. The lowest BCUT2D eigenvalue weighted by atomic mass is 10.2. The van der Waals surface area contributed by atoms with Gasteiger partial charge in [-0.15, -0.1) is 16.2 Å². The van der Waals surface area contributed by atoms with Crippen LogP contribution in [0.4, 0.5) is 5.69 Å². The van der Waals surface area contributed by atoms with Crippen LogP contribution in [0, 0.1) is 0 Å². The fraction of sp³-hybridized carbons (Fsp3) is 0.250. The normalized spacial score (nSPS) is 23.9. The molecule has 1 atom stereocenters. The Morgan fingerprint density at radius 3 is 2.89 bits per heavy atom. The van der Waals surface area contributed by atoms with Crippen LogP contribution in [0.1, 0.15) is 12.5 Å². The van der Waals surface area contributed by atoms with E-state index in [0.29, 0.717) is 11.5 Å². The minimum Gasteiger partial charge on any atom is -0.497 e. The highest BCUT2D eigenvalue weighted by molar-refractivity contribution is 8.88. The first kappa shape index (κ1) is 14.0. The minimum absolute atomic E-state index is 0.124. The lowest BCUT2D eigenvalue weighted by Crippen LogP contribution is -2.08. The van der Waals surface area contributed by atoms with Gasteiger partial charge in [-0.1, -0.05) is 15.3 Å². The number of methoxy groups -OCH3 is 1. The third kappa shape index (κ3) is 3.51. The second kappa shape index (κ2) is 5.66. The summed E-state index contributed by atoms with van der Waals surface area (Å²) in [5, 5.41) is 8.55. The molecular formula is C12H15N3O2S2. The molecule has 0 spiro atoms. The Hall–Kier alpha value is -1.47. The minimum atomic E-state index is -1.55. The molecule has 1 N–H and O–H groups in total. The molecule has 0 saturated carbocycles. The molecule has 1 heterocycles. The Morgan fingerprint density at radius 2 is 2.32 bits per heavy atom. The maximum atomic E-state index is 11.3. The zero-order valence-corrected chi connectivity index (χ0v) is 12.4. The van der Waals surface area contributed by atoms with Crippen molar-refractivity contribution in [2.24, 2.45) is 9.63 Å². The lowest BCUT2D eigenvalue weighted by molar-refractivity contribution is -0.114. The predicted molar refractivity (Wildman–Crippen MR) is 81.6 cm³/mol. The van der Waals surface area contributed by atoms with Gasteiger partial charge in [-0.05, 0) is 11.6 Å². The van der Waals surface area contributed by atoms with Gasteiger partial charge in [0.1, 0.15) is 5.75 Å². The number of carbonyl (C=O) groups is 1. The first-order chi connectivity index (χ1) is 9.02. The quantitative estimate of drug-likeness (QED) is 0.658. The molecule has 0 saturated heterocycles. The van der Waals surface area contributed by atoms with Gasteiger partial charge in [0.2, 0.25) is 5.91 Å². The van der Waals surface area contributed by atoms with Crippen LogP contribution in [-0.4, -0.2) is 13.0 Å². The molecule has 1 aromatic rings. The largest absolute Gasteiger partial charge is 0.497 e. The highest BCUT2D eigenvalue weighted by atomic mass is 33.1. The van der Waals surface area contributed by atoms with Crippen molar-refractivity contribution in [1.29, 1.82) is 0 Å². The topological polar surface area (TPSA) is 63.1 Å². The molecule has 0 bridgehead atoms. The molecule has 0 aromatic heterocycles. The fourth-order valence-corrected chi connectivity index (χ4v) is 3.77. The molecule has 0 radical (unpaired) electrons. The highest BCUT2D eigenvalue weighted by Crippen LogP contribution is 2.61. The number of amides is 1. The maximum absolute atomic E-state index is 11.3. The van der Waals surface area contributed by atoms with E-state index in [1.165, 1.54) is 6.92 Å². The Bertz CT molecular complexity index is 546. The third-order valence-corrected chi connectivity index (χ3v) is 5.17. The predicted octanol–water partition coefficient (Wildman–Crippen LogP) is 3.66. The van der Waals surface area contributed by atoms with E-state index in [9.17, 15) is 4.79 Å². The van der Waals surface area contributed by atoms with Gasteiger partial charge in [0.05, 0.1) is 13.3 Å². The summed E-state index contributed by atoms with van der Waals surface area (Å²) in [6.45, 7) is 1.47. The van der Waals surface area contributed by atoms with Crippen molar-refractivity contribution in [3.05, 3.63) is 35.4 Å². The molecule has 1 aliphatic heterocycles. The SMILES string of the molecule is COc1ccc(CS2(S)C=CN=N2)c(NC(C)=O)c1. The first-order valence-electron chi connectivity index (χ1n) is 5.59. The van der Waals surface area contributed by atoms with Gasteiger partial charge in [-0.3, -0.25) is 4.79 Å². The van der Waals surface area contributed by atoms with Crippen LogP contribution in [0.2, 0.25) is 0 Å². The number of ether oxygens (including phenoxy) is 1. The van der Waals surface area contributed by atoms with Crippen molar-refractivity contribution < 1.29 is 9.53 Å². The molecule has 5 nitrogen and oxygen atoms in total. The number of benzene rings is 1. The van der Waals surface area contributed by atoms with Crippen molar-refractivity contribution in [1.82, 2.24) is 0 Å². The van der Waals surface area contributed by atoms with E-state index in [2.05, 4.69) is 26.6 Å². The van der Waals surface area contributed by atoms with Gasteiger partial charge >= 0.3 is 0 Å². The number of hydrogen-bond donors (Lipinski definition) is 2. The number of rotatable bonds is 4. The summed E-state index contributed by atoms with van der Waals surface area (Å²) in [5.41, 5.74) is 1.69. The second-order valence-corrected chi connectivity index (χ2v) is 8.10. The van der Waals surface area contributed by atoms with E-state index in [-0.39, 0.29) is 5.91 Å². The van der Waals surface area contributed by atoms with Gasteiger partial charge in [-0.25, -0.2) is 0 Å². The summed E-state index contributed by atoms with van der Waals surface area (Å²) in [6, 6.07) is 5.56. The average Bonchev–Trinajstić information content (AvgIpc) is 2.77. The van der Waals surface area contributed by atoms with Crippen LogP contribution < -0.4 is 10.1 Å². The van der Waals surface area contributed by atoms with Crippen LogP contribution in [0.5, 0.6) is 5.75 Å². The van der Waals surface area contributed by atoms with E-state index >= 15 is 0 Å². The van der Waals surface area contributed by atoms with Crippen molar-refractivity contribution in [3.8, 4) is 5.75 Å². The van der Waals surface area contributed by atoms with Crippen LogP contribution in [0.15, 0.2) is 39.4 Å². The highest BCUT2D eigenvalue weighted by Gasteiger charge is 2.21. The van der Waals surface area contributed by atoms with Crippen molar-refractivity contribution in [2.75, 3.05) is 12.4 Å². The molecule has 1 aliphatic rings.